The molecule has 13 heavy (non-hydrogen) atoms. The maximum absolute atomic E-state index is 10.2. The third-order valence-corrected chi connectivity index (χ3v) is 1.24. The molecule has 0 aromatic carbocycles. The molecule has 0 aromatic heterocycles. The zero-order valence-corrected chi connectivity index (χ0v) is 7.14. The molecule has 0 aliphatic rings. The molecule has 0 fully saturated rings. The number of carboxylic acid groups (broad SMARTS) is 1. The summed E-state index contributed by atoms with van der Waals surface area (Å²) in [7, 11) is 0. The van der Waals surface area contributed by atoms with Gasteiger partial charge in [-0.3, -0.25) is 4.79 Å². The number of hydrogen-bond acceptors (Lipinski definition) is 4. The van der Waals surface area contributed by atoms with Gasteiger partial charge in [0.2, 0.25) is 5.96 Å². The summed E-state index contributed by atoms with van der Waals surface area (Å²) in [5.41, 5.74) is 15.2. The fraction of sp³-hybridized carbons (Fsp3) is 0.667. The van der Waals surface area contributed by atoms with Gasteiger partial charge in [-0.15, -0.1) is 0 Å². The van der Waals surface area contributed by atoms with Crippen LogP contribution in [0, 0.1) is 0 Å². The van der Waals surface area contributed by atoms with E-state index in [9.17, 15) is 4.79 Å². The molecule has 0 rings (SSSR count). The summed E-state index contributed by atoms with van der Waals surface area (Å²) >= 11 is 0. The monoisotopic (exact) mass is 190 g/mol. The molecule has 0 radical (unpaired) electrons. The molecule has 0 aromatic rings. The maximum Gasteiger partial charge on any atom is 0.320 e. The highest BCUT2D eigenvalue weighted by Gasteiger charge is 2.09. The van der Waals surface area contributed by atoms with Crippen molar-refractivity contribution in [3.05, 3.63) is 0 Å². The van der Waals surface area contributed by atoms with E-state index in [4.69, 9.17) is 22.3 Å². The highest BCUT2D eigenvalue weighted by Crippen LogP contribution is 1.95. The van der Waals surface area contributed by atoms with Crippen LogP contribution in [-0.2, 0) is 9.63 Å². The fourth-order valence-electron chi connectivity index (χ4n) is 0.611. The summed E-state index contributed by atoms with van der Waals surface area (Å²) < 4.78 is 0. The largest absolute Gasteiger partial charge is 0.480 e. The molecular weight excluding hydrogens is 176 g/mol. The number of nitrogens with two attached hydrogens (primary N) is 3. The molecule has 0 aliphatic carbocycles. The van der Waals surface area contributed by atoms with Crippen LogP contribution >= 0.6 is 0 Å². The van der Waals surface area contributed by atoms with Crippen LogP contribution in [0.4, 0.5) is 0 Å². The Hall–Kier alpha value is -1.50. The summed E-state index contributed by atoms with van der Waals surface area (Å²) in [4.78, 5) is 14.9. The number of oxime groups is 1. The Kier molecular flexibility index (Phi) is 5.37. The summed E-state index contributed by atoms with van der Waals surface area (Å²) in [5.74, 6) is -1.19. The van der Waals surface area contributed by atoms with Gasteiger partial charge in [0.05, 0.1) is 0 Å². The molecule has 76 valence electrons. The molecule has 7 heteroatoms. The van der Waals surface area contributed by atoms with Crippen LogP contribution < -0.4 is 17.2 Å². The van der Waals surface area contributed by atoms with E-state index in [0.29, 0.717) is 12.8 Å². The van der Waals surface area contributed by atoms with Gasteiger partial charge in [0, 0.05) is 0 Å². The van der Waals surface area contributed by atoms with Crippen molar-refractivity contribution in [2.75, 3.05) is 6.61 Å². The quantitative estimate of drug-likeness (QED) is 0.172. The van der Waals surface area contributed by atoms with Crippen LogP contribution in [0.5, 0.6) is 0 Å². The maximum atomic E-state index is 10.2. The van der Waals surface area contributed by atoms with Crippen molar-refractivity contribution in [2.24, 2.45) is 22.4 Å². The third-order valence-electron chi connectivity index (χ3n) is 1.24. The summed E-state index contributed by atoms with van der Waals surface area (Å²) in [6, 6.07) is -0.859. The van der Waals surface area contributed by atoms with Gasteiger partial charge in [-0.25, -0.2) is 0 Å². The molecule has 0 amide bonds. The van der Waals surface area contributed by atoms with Crippen molar-refractivity contribution in [1.82, 2.24) is 0 Å². The summed E-state index contributed by atoms with van der Waals surface area (Å²) in [5, 5.41) is 11.6. The summed E-state index contributed by atoms with van der Waals surface area (Å²) in [6.45, 7) is 0.249. The van der Waals surface area contributed by atoms with Crippen molar-refractivity contribution < 1.29 is 14.7 Å². The Labute approximate surface area is 75.5 Å². The van der Waals surface area contributed by atoms with E-state index in [1.54, 1.807) is 0 Å². The van der Waals surface area contributed by atoms with E-state index in [2.05, 4.69) is 9.99 Å². The average molecular weight is 190 g/mol. The molecule has 0 spiro atoms. The van der Waals surface area contributed by atoms with Crippen LogP contribution in [0.3, 0.4) is 0 Å². The van der Waals surface area contributed by atoms with Crippen LogP contribution in [0.25, 0.3) is 0 Å². The average Bonchev–Trinajstić information content (AvgIpc) is 2.02. The molecule has 0 heterocycles. The lowest BCUT2D eigenvalue weighted by Gasteiger charge is -2.04. The first-order valence-corrected chi connectivity index (χ1v) is 3.73. The molecule has 7 N–H and O–H groups in total. The minimum atomic E-state index is -1.03. The Morgan fingerprint density at radius 3 is 2.62 bits per heavy atom. The van der Waals surface area contributed by atoms with E-state index in [1.807, 2.05) is 0 Å². The van der Waals surface area contributed by atoms with Crippen LogP contribution in [0.2, 0.25) is 0 Å². The molecule has 1 unspecified atom stereocenters. The van der Waals surface area contributed by atoms with Crippen molar-refractivity contribution in [2.45, 2.75) is 18.9 Å². The lowest BCUT2D eigenvalue weighted by atomic mass is 10.2. The normalized spacial score (nSPS) is 11.8. The van der Waals surface area contributed by atoms with Gasteiger partial charge in [0.25, 0.3) is 0 Å². The zero-order valence-electron chi connectivity index (χ0n) is 7.14. The van der Waals surface area contributed by atoms with E-state index in [1.165, 1.54) is 0 Å². The predicted molar refractivity (Wildman–Crippen MR) is 46.6 cm³/mol. The van der Waals surface area contributed by atoms with Gasteiger partial charge < -0.3 is 27.1 Å². The second kappa shape index (κ2) is 6.06. The molecular formula is C6H14N4O3. The number of nitrogens with zero attached hydrogens (tertiary/aromatic N) is 1. The van der Waals surface area contributed by atoms with E-state index >= 15 is 0 Å². The number of hydrogen-bond donors (Lipinski definition) is 4. The molecule has 7 nitrogen and oxygen atoms in total. The first-order valence-electron chi connectivity index (χ1n) is 3.73. The topological polar surface area (TPSA) is 137 Å². The van der Waals surface area contributed by atoms with Crippen LogP contribution in [0.1, 0.15) is 12.8 Å². The van der Waals surface area contributed by atoms with Crippen molar-refractivity contribution in [3.63, 3.8) is 0 Å². The first-order chi connectivity index (χ1) is 6.04. The van der Waals surface area contributed by atoms with Gasteiger partial charge >= 0.3 is 5.97 Å². The van der Waals surface area contributed by atoms with E-state index in [0.717, 1.165) is 0 Å². The Bertz CT molecular complexity index is 190. The van der Waals surface area contributed by atoms with Gasteiger partial charge in [-0.2, -0.15) is 0 Å². The zero-order chi connectivity index (χ0) is 10.3. The number of carbonyl (C=O) groups is 1. The molecule has 0 saturated carbocycles. The predicted octanol–water partition coefficient (Wildman–Crippen LogP) is -1.62. The molecule has 0 bridgehead atoms. The number of rotatable bonds is 6. The van der Waals surface area contributed by atoms with Gasteiger partial charge in [-0.1, -0.05) is 0 Å². The number of aliphatic carboxylic acids is 1. The second-order valence-corrected chi connectivity index (χ2v) is 2.44. The van der Waals surface area contributed by atoms with Crippen LogP contribution in [0.15, 0.2) is 5.16 Å². The van der Waals surface area contributed by atoms with Gasteiger partial charge in [0.15, 0.2) is 0 Å². The molecule has 1 atom stereocenters. The van der Waals surface area contributed by atoms with Crippen molar-refractivity contribution in [1.29, 1.82) is 0 Å². The second-order valence-electron chi connectivity index (χ2n) is 2.44. The SMILES string of the molecule is NC(N)=NOCCCC(N)C(=O)O. The molecule has 0 aliphatic heterocycles. The summed E-state index contributed by atoms with van der Waals surface area (Å²) in [6.07, 6.45) is 0.819. The Balaban J connectivity index is 3.36. The third kappa shape index (κ3) is 6.88. The highest BCUT2D eigenvalue weighted by molar-refractivity contribution is 5.74. The van der Waals surface area contributed by atoms with E-state index < -0.39 is 12.0 Å². The Morgan fingerprint density at radius 2 is 2.15 bits per heavy atom. The first kappa shape index (κ1) is 11.5. The molecule has 0 saturated heterocycles. The lowest BCUT2D eigenvalue weighted by Crippen LogP contribution is -2.30. The van der Waals surface area contributed by atoms with E-state index in [-0.39, 0.29) is 12.6 Å². The number of guanidine groups is 1. The van der Waals surface area contributed by atoms with Gasteiger partial charge in [0.1, 0.15) is 12.6 Å². The fourth-order valence-corrected chi connectivity index (χ4v) is 0.611. The standard InChI is InChI=1S/C6H14N4O3/c7-4(5(11)12)2-1-3-13-10-6(8)9/h4H,1-3,7H2,(H,11,12)(H4,8,9,10). The van der Waals surface area contributed by atoms with Crippen molar-refractivity contribution in [3.8, 4) is 0 Å². The van der Waals surface area contributed by atoms with Crippen LogP contribution in [-0.4, -0.2) is 29.7 Å². The van der Waals surface area contributed by atoms with Gasteiger partial charge in [-0.05, 0) is 18.0 Å². The minimum Gasteiger partial charge on any atom is -0.480 e. The lowest BCUT2D eigenvalue weighted by molar-refractivity contribution is -0.138. The minimum absolute atomic E-state index is 0.164. The Morgan fingerprint density at radius 1 is 1.54 bits per heavy atom. The highest BCUT2D eigenvalue weighted by atomic mass is 16.6. The van der Waals surface area contributed by atoms with Crippen molar-refractivity contribution >= 4 is 11.9 Å². The number of carboxylic acids is 1. The smallest absolute Gasteiger partial charge is 0.320 e.